The van der Waals surface area contributed by atoms with Crippen LogP contribution in [-0.4, -0.2) is 46.4 Å². The number of benzene rings is 1. The summed E-state index contributed by atoms with van der Waals surface area (Å²) in [6, 6.07) is 7.78. The highest BCUT2D eigenvalue weighted by atomic mass is 32.2. The maximum Gasteiger partial charge on any atom is 0.242 e. The summed E-state index contributed by atoms with van der Waals surface area (Å²) in [5.41, 5.74) is 2.01. The van der Waals surface area contributed by atoms with E-state index in [0.717, 1.165) is 17.7 Å². The third-order valence-corrected chi connectivity index (χ3v) is 5.28. The summed E-state index contributed by atoms with van der Waals surface area (Å²) in [5, 5.41) is 0. The molecule has 1 aromatic rings. The number of rotatable bonds is 7. The Morgan fingerprint density at radius 2 is 2.13 bits per heavy atom. The molecule has 0 radical (unpaired) electrons. The number of carbonyl (C=O) groups is 1. The van der Waals surface area contributed by atoms with Crippen LogP contribution in [0, 0.1) is 0 Å². The van der Waals surface area contributed by atoms with Crippen LogP contribution in [0.2, 0.25) is 0 Å². The van der Waals surface area contributed by atoms with Crippen molar-refractivity contribution in [2.24, 2.45) is 0 Å². The smallest absolute Gasteiger partial charge is 0.242 e. The summed E-state index contributed by atoms with van der Waals surface area (Å²) in [6.07, 6.45) is 0.875. The summed E-state index contributed by atoms with van der Waals surface area (Å²) in [7, 11) is -3.50. The first-order valence-electron chi connectivity index (χ1n) is 7.89. The molecule has 0 aromatic heterocycles. The zero-order valence-corrected chi connectivity index (χ0v) is 14.4. The molecule has 0 aliphatic carbocycles. The van der Waals surface area contributed by atoms with Gasteiger partial charge in [-0.3, -0.25) is 4.79 Å². The lowest BCUT2D eigenvalue weighted by molar-refractivity contribution is -0.117. The summed E-state index contributed by atoms with van der Waals surface area (Å²) in [6.45, 7) is 4.92. The molecule has 1 amide bonds. The summed E-state index contributed by atoms with van der Waals surface area (Å²) in [4.78, 5) is 14.1. The lowest BCUT2D eigenvalue weighted by Crippen LogP contribution is -2.43. The van der Waals surface area contributed by atoms with Crippen LogP contribution in [0.1, 0.15) is 31.7 Å². The van der Waals surface area contributed by atoms with Gasteiger partial charge in [-0.2, -0.15) is 0 Å². The predicted octanol–water partition coefficient (Wildman–Crippen LogP) is 1.48. The number of para-hydroxylation sites is 1. The SMILES string of the molecule is CCOCCS(=O)(=O)NCC(=O)N1CC[C@@H](C)c2ccccc21. The quantitative estimate of drug-likeness (QED) is 0.763. The summed E-state index contributed by atoms with van der Waals surface area (Å²) in [5.74, 6) is 0.0318. The van der Waals surface area contributed by atoms with Crippen LogP contribution >= 0.6 is 0 Å². The molecular formula is C16H24N2O4S. The predicted molar refractivity (Wildman–Crippen MR) is 90.1 cm³/mol. The second kappa shape index (κ2) is 7.90. The Labute approximate surface area is 137 Å². The zero-order valence-electron chi connectivity index (χ0n) is 13.6. The molecule has 23 heavy (non-hydrogen) atoms. The molecule has 0 bridgehead atoms. The van der Waals surface area contributed by atoms with Gasteiger partial charge in [-0.15, -0.1) is 0 Å². The fraction of sp³-hybridized carbons (Fsp3) is 0.562. The third kappa shape index (κ3) is 4.76. The number of nitrogens with one attached hydrogen (secondary N) is 1. The molecule has 7 heteroatoms. The van der Waals surface area contributed by atoms with E-state index in [1.165, 1.54) is 0 Å². The number of hydrogen-bond acceptors (Lipinski definition) is 4. The molecule has 0 spiro atoms. The third-order valence-electron chi connectivity index (χ3n) is 3.99. The van der Waals surface area contributed by atoms with Crippen LogP contribution in [-0.2, 0) is 19.6 Å². The van der Waals surface area contributed by atoms with Gasteiger partial charge in [-0.05, 0) is 30.9 Å². The van der Waals surface area contributed by atoms with Crippen LogP contribution in [0.4, 0.5) is 5.69 Å². The minimum atomic E-state index is -3.50. The molecule has 0 saturated carbocycles. The second-order valence-corrected chi connectivity index (χ2v) is 7.56. The van der Waals surface area contributed by atoms with Gasteiger partial charge in [0.25, 0.3) is 0 Å². The number of carbonyl (C=O) groups excluding carboxylic acids is 1. The number of anilines is 1. The molecule has 1 heterocycles. The van der Waals surface area contributed by atoms with Gasteiger partial charge < -0.3 is 9.64 Å². The van der Waals surface area contributed by atoms with Crippen molar-refractivity contribution in [2.45, 2.75) is 26.2 Å². The maximum atomic E-state index is 12.4. The average Bonchev–Trinajstić information content (AvgIpc) is 2.53. The Bertz CT molecular complexity index is 645. The molecule has 1 aromatic carbocycles. The van der Waals surface area contributed by atoms with Crippen LogP contribution in [0.15, 0.2) is 24.3 Å². The Balaban J connectivity index is 1.98. The fourth-order valence-electron chi connectivity index (χ4n) is 2.66. The van der Waals surface area contributed by atoms with E-state index in [9.17, 15) is 13.2 Å². The van der Waals surface area contributed by atoms with Crippen molar-refractivity contribution in [3.63, 3.8) is 0 Å². The standard InChI is InChI=1S/C16H24N2O4S/c1-3-22-10-11-23(20,21)17-12-16(19)18-9-8-13(2)14-6-4-5-7-15(14)18/h4-7,13,17H,3,8-12H2,1-2H3/t13-/m1/s1. The molecule has 6 nitrogen and oxygen atoms in total. The monoisotopic (exact) mass is 340 g/mol. The first-order chi connectivity index (χ1) is 10.9. The van der Waals surface area contributed by atoms with Gasteiger partial charge >= 0.3 is 0 Å². The van der Waals surface area contributed by atoms with Crippen molar-refractivity contribution in [2.75, 3.05) is 37.0 Å². The summed E-state index contributed by atoms with van der Waals surface area (Å²) >= 11 is 0. The number of ether oxygens (including phenoxy) is 1. The Kier molecular flexibility index (Phi) is 6.15. The molecule has 0 fully saturated rings. The normalized spacial score (nSPS) is 17.8. The Morgan fingerprint density at radius 3 is 2.87 bits per heavy atom. The van der Waals surface area contributed by atoms with E-state index in [0.29, 0.717) is 19.1 Å². The first kappa shape index (κ1) is 17.9. The van der Waals surface area contributed by atoms with Crippen molar-refractivity contribution in [3.8, 4) is 0 Å². The van der Waals surface area contributed by atoms with Gasteiger partial charge in [0.1, 0.15) is 0 Å². The van der Waals surface area contributed by atoms with Crippen molar-refractivity contribution >= 4 is 21.6 Å². The van der Waals surface area contributed by atoms with Crippen LogP contribution in [0.3, 0.4) is 0 Å². The fourth-order valence-corrected chi connectivity index (χ4v) is 3.49. The number of hydrogen-bond donors (Lipinski definition) is 1. The molecule has 1 atom stereocenters. The molecule has 0 saturated heterocycles. The minimum Gasteiger partial charge on any atom is -0.381 e. The van der Waals surface area contributed by atoms with Crippen molar-refractivity contribution in [1.82, 2.24) is 4.72 Å². The molecule has 1 N–H and O–H groups in total. The van der Waals surface area contributed by atoms with E-state index >= 15 is 0 Å². The number of fused-ring (bicyclic) bond motifs is 1. The largest absolute Gasteiger partial charge is 0.381 e. The molecule has 2 rings (SSSR count). The molecule has 1 aliphatic rings. The van der Waals surface area contributed by atoms with Crippen LogP contribution in [0.25, 0.3) is 0 Å². The Hall–Kier alpha value is -1.44. The van der Waals surface area contributed by atoms with E-state index in [4.69, 9.17) is 4.74 Å². The minimum absolute atomic E-state index is 0.129. The van der Waals surface area contributed by atoms with E-state index in [1.807, 2.05) is 24.3 Å². The molecule has 128 valence electrons. The average molecular weight is 340 g/mol. The summed E-state index contributed by atoms with van der Waals surface area (Å²) < 4.78 is 31.1. The van der Waals surface area contributed by atoms with Gasteiger partial charge in [-0.1, -0.05) is 25.1 Å². The highest BCUT2D eigenvalue weighted by Gasteiger charge is 2.26. The van der Waals surface area contributed by atoms with Crippen molar-refractivity contribution in [3.05, 3.63) is 29.8 Å². The number of sulfonamides is 1. The molecule has 1 aliphatic heterocycles. The van der Waals surface area contributed by atoms with Gasteiger partial charge in [0.15, 0.2) is 0 Å². The lowest BCUT2D eigenvalue weighted by Gasteiger charge is -2.33. The number of amides is 1. The highest BCUT2D eigenvalue weighted by molar-refractivity contribution is 7.89. The number of nitrogens with zero attached hydrogens (tertiary/aromatic N) is 1. The lowest BCUT2D eigenvalue weighted by atomic mass is 9.91. The van der Waals surface area contributed by atoms with Crippen molar-refractivity contribution in [1.29, 1.82) is 0 Å². The van der Waals surface area contributed by atoms with E-state index in [-0.39, 0.29) is 24.8 Å². The first-order valence-corrected chi connectivity index (χ1v) is 9.54. The van der Waals surface area contributed by atoms with E-state index in [2.05, 4.69) is 11.6 Å². The second-order valence-electron chi connectivity index (χ2n) is 5.63. The van der Waals surface area contributed by atoms with Gasteiger partial charge in [0, 0.05) is 18.8 Å². The highest BCUT2D eigenvalue weighted by Crippen LogP contribution is 2.34. The maximum absolute atomic E-state index is 12.4. The van der Waals surface area contributed by atoms with Crippen LogP contribution < -0.4 is 9.62 Å². The van der Waals surface area contributed by atoms with Crippen molar-refractivity contribution < 1.29 is 17.9 Å². The topological polar surface area (TPSA) is 75.7 Å². The van der Waals surface area contributed by atoms with E-state index in [1.54, 1.807) is 11.8 Å². The van der Waals surface area contributed by atoms with Gasteiger partial charge in [0.05, 0.1) is 18.9 Å². The zero-order chi connectivity index (χ0) is 16.9. The van der Waals surface area contributed by atoms with E-state index < -0.39 is 10.0 Å². The Morgan fingerprint density at radius 1 is 1.39 bits per heavy atom. The van der Waals surface area contributed by atoms with Gasteiger partial charge in [-0.25, -0.2) is 13.1 Å². The molecular weight excluding hydrogens is 316 g/mol. The van der Waals surface area contributed by atoms with Gasteiger partial charge in [0.2, 0.25) is 15.9 Å². The molecule has 0 unspecified atom stereocenters. The van der Waals surface area contributed by atoms with Crippen LogP contribution in [0.5, 0.6) is 0 Å².